The van der Waals surface area contributed by atoms with Gasteiger partial charge in [0.2, 0.25) is 5.91 Å². The summed E-state index contributed by atoms with van der Waals surface area (Å²) in [7, 11) is 1.61. The number of amides is 1. The molecule has 0 radical (unpaired) electrons. The molecule has 3 nitrogen and oxygen atoms in total. The number of rotatable bonds is 4. The van der Waals surface area contributed by atoms with Crippen LogP contribution in [-0.2, 0) is 9.53 Å². The zero-order valence-corrected chi connectivity index (χ0v) is 12.0. The lowest BCUT2D eigenvalue weighted by Gasteiger charge is -2.22. The molecule has 0 heterocycles. The van der Waals surface area contributed by atoms with Gasteiger partial charge in [-0.05, 0) is 6.07 Å². The van der Waals surface area contributed by atoms with Crippen molar-refractivity contribution in [3.05, 3.63) is 34.9 Å². The van der Waals surface area contributed by atoms with E-state index in [0.717, 1.165) is 5.56 Å². The third kappa shape index (κ3) is 4.00. The van der Waals surface area contributed by atoms with Crippen LogP contribution in [0.1, 0.15) is 32.4 Å². The molecule has 1 atom stereocenters. The summed E-state index contributed by atoms with van der Waals surface area (Å²) in [6, 6.07) is 7.49. The largest absolute Gasteiger partial charge is 0.375 e. The lowest BCUT2D eigenvalue weighted by molar-refractivity contribution is -0.129. The fourth-order valence-corrected chi connectivity index (χ4v) is 1.76. The smallest absolute Gasteiger partial charge is 0.225 e. The standard InChI is InChI=1S/C14H20ClNO2/c1-14(2,3)13(17)16-9-12(18-4)10-7-5-6-8-11(10)15/h5-8,12H,9H2,1-4H3,(H,16,17). The third-order valence-electron chi connectivity index (χ3n) is 2.67. The summed E-state index contributed by atoms with van der Waals surface area (Å²) in [5, 5.41) is 3.52. The quantitative estimate of drug-likeness (QED) is 0.912. The van der Waals surface area contributed by atoms with Gasteiger partial charge in [-0.1, -0.05) is 50.6 Å². The van der Waals surface area contributed by atoms with E-state index in [9.17, 15) is 4.79 Å². The van der Waals surface area contributed by atoms with Gasteiger partial charge < -0.3 is 10.1 Å². The highest BCUT2D eigenvalue weighted by Gasteiger charge is 2.22. The zero-order chi connectivity index (χ0) is 13.8. The fourth-order valence-electron chi connectivity index (χ4n) is 1.51. The molecule has 1 N–H and O–H groups in total. The molecule has 0 fully saturated rings. The van der Waals surface area contributed by atoms with Gasteiger partial charge in [0.05, 0.1) is 0 Å². The van der Waals surface area contributed by atoms with Crippen LogP contribution in [0.15, 0.2) is 24.3 Å². The first-order valence-corrected chi connectivity index (χ1v) is 6.29. The maximum atomic E-state index is 11.8. The first kappa shape index (κ1) is 15.0. The van der Waals surface area contributed by atoms with E-state index in [1.807, 2.05) is 45.0 Å². The molecule has 0 aliphatic heterocycles. The van der Waals surface area contributed by atoms with Gasteiger partial charge in [-0.15, -0.1) is 0 Å². The van der Waals surface area contributed by atoms with Gasteiger partial charge in [-0.3, -0.25) is 4.79 Å². The molecule has 4 heteroatoms. The first-order valence-electron chi connectivity index (χ1n) is 5.91. The Morgan fingerprint density at radius 3 is 2.50 bits per heavy atom. The Kier molecular flexibility index (Phi) is 5.17. The Labute approximate surface area is 113 Å². The molecule has 18 heavy (non-hydrogen) atoms. The molecule has 100 valence electrons. The molecule has 1 unspecified atom stereocenters. The Balaban J connectivity index is 2.70. The van der Waals surface area contributed by atoms with E-state index in [0.29, 0.717) is 11.6 Å². The second-order valence-electron chi connectivity index (χ2n) is 5.21. The van der Waals surface area contributed by atoms with E-state index in [2.05, 4.69) is 5.32 Å². The molecule has 0 saturated carbocycles. The molecule has 0 saturated heterocycles. The maximum absolute atomic E-state index is 11.8. The molecule has 1 aromatic rings. The third-order valence-corrected chi connectivity index (χ3v) is 3.01. The highest BCUT2D eigenvalue weighted by atomic mass is 35.5. The summed E-state index contributed by atoms with van der Waals surface area (Å²) in [5.41, 5.74) is 0.481. The van der Waals surface area contributed by atoms with Gasteiger partial charge in [0, 0.05) is 29.7 Å². The predicted molar refractivity (Wildman–Crippen MR) is 73.7 cm³/mol. The van der Waals surface area contributed by atoms with Crippen molar-refractivity contribution >= 4 is 17.5 Å². The molecule has 0 aromatic heterocycles. The van der Waals surface area contributed by atoms with E-state index in [1.165, 1.54) is 0 Å². The van der Waals surface area contributed by atoms with E-state index in [4.69, 9.17) is 16.3 Å². The Morgan fingerprint density at radius 1 is 1.39 bits per heavy atom. The lowest BCUT2D eigenvalue weighted by Crippen LogP contribution is -2.37. The number of carbonyl (C=O) groups excluding carboxylic acids is 1. The van der Waals surface area contributed by atoms with Crippen LogP contribution < -0.4 is 5.32 Å². The lowest BCUT2D eigenvalue weighted by atomic mass is 9.95. The summed E-state index contributed by atoms with van der Waals surface area (Å²) in [6.07, 6.45) is -0.231. The zero-order valence-electron chi connectivity index (χ0n) is 11.3. The van der Waals surface area contributed by atoms with Crippen molar-refractivity contribution in [2.75, 3.05) is 13.7 Å². The van der Waals surface area contributed by atoms with Crippen molar-refractivity contribution in [3.63, 3.8) is 0 Å². The van der Waals surface area contributed by atoms with Crippen molar-refractivity contribution in [2.45, 2.75) is 26.9 Å². The Hall–Kier alpha value is -1.06. The number of nitrogens with one attached hydrogen (secondary N) is 1. The molecule has 1 amide bonds. The molecular formula is C14H20ClNO2. The van der Waals surface area contributed by atoms with Crippen LogP contribution in [0.25, 0.3) is 0 Å². The fraction of sp³-hybridized carbons (Fsp3) is 0.500. The number of methoxy groups -OCH3 is 1. The van der Waals surface area contributed by atoms with Gasteiger partial charge in [0.15, 0.2) is 0 Å². The number of hydrogen-bond acceptors (Lipinski definition) is 2. The average Bonchev–Trinajstić information content (AvgIpc) is 2.30. The maximum Gasteiger partial charge on any atom is 0.225 e. The van der Waals surface area contributed by atoms with E-state index >= 15 is 0 Å². The van der Waals surface area contributed by atoms with Crippen LogP contribution >= 0.6 is 11.6 Å². The van der Waals surface area contributed by atoms with E-state index in [-0.39, 0.29) is 12.0 Å². The van der Waals surface area contributed by atoms with Crippen LogP contribution in [0.3, 0.4) is 0 Å². The molecular weight excluding hydrogens is 250 g/mol. The van der Waals surface area contributed by atoms with Crippen molar-refractivity contribution < 1.29 is 9.53 Å². The van der Waals surface area contributed by atoms with Gasteiger partial charge in [0.1, 0.15) is 6.10 Å². The number of halogens is 1. The second-order valence-corrected chi connectivity index (χ2v) is 5.61. The second kappa shape index (κ2) is 6.21. The summed E-state index contributed by atoms with van der Waals surface area (Å²) in [4.78, 5) is 11.8. The summed E-state index contributed by atoms with van der Waals surface area (Å²) < 4.78 is 5.38. The SMILES string of the molecule is COC(CNC(=O)C(C)(C)C)c1ccccc1Cl. The summed E-state index contributed by atoms with van der Waals surface area (Å²) in [5.74, 6) is -0.00314. The first-order chi connectivity index (χ1) is 8.36. The Morgan fingerprint density at radius 2 is 2.00 bits per heavy atom. The monoisotopic (exact) mass is 269 g/mol. The molecule has 1 aromatic carbocycles. The van der Waals surface area contributed by atoms with Crippen molar-refractivity contribution in [1.82, 2.24) is 5.32 Å². The minimum absolute atomic E-state index is 0.00314. The van der Waals surface area contributed by atoms with Crippen molar-refractivity contribution in [2.24, 2.45) is 5.41 Å². The highest BCUT2D eigenvalue weighted by molar-refractivity contribution is 6.31. The van der Waals surface area contributed by atoms with Crippen LogP contribution in [0.2, 0.25) is 5.02 Å². The topological polar surface area (TPSA) is 38.3 Å². The highest BCUT2D eigenvalue weighted by Crippen LogP contribution is 2.24. The predicted octanol–water partition coefficient (Wildman–Crippen LogP) is 3.19. The van der Waals surface area contributed by atoms with Crippen LogP contribution in [0.4, 0.5) is 0 Å². The number of ether oxygens (including phenoxy) is 1. The normalized spacial score (nSPS) is 13.2. The van der Waals surface area contributed by atoms with E-state index in [1.54, 1.807) is 7.11 Å². The van der Waals surface area contributed by atoms with Crippen molar-refractivity contribution in [1.29, 1.82) is 0 Å². The summed E-state index contributed by atoms with van der Waals surface area (Å²) in [6.45, 7) is 6.04. The minimum atomic E-state index is -0.404. The molecule has 0 spiro atoms. The molecule has 0 aliphatic rings. The van der Waals surface area contributed by atoms with Crippen LogP contribution in [-0.4, -0.2) is 19.6 Å². The summed E-state index contributed by atoms with van der Waals surface area (Å²) >= 11 is 6.11. The average molecular weight is 270 g/mol. The number of benzene rings is 1. The van der Waals surface area contributed by atoms with Gasteiger partial charge in [0.25, 0.3) is 0 Å². The van der Waals surface area contributed by atoms with E-state index < -0.39 is 5.41 Å². The van der Waals surface area contributed by atoms with Gasteiger partial charge >= 0.3 is 0 Å². The number of hydrogen-bond donors (Lipinski definition) is 1. The Bertz CT molecular complexity index is 413. The van der Waals surface area contributed by atoms with Gasteiger partial charge in [-0.25, -0.2) is 0 Å². The van der Waals surface area contributed by atoms with Crippen LogP contribution in [0, 0.1) is 5.41 Å². The molecule has 0 aliphatic carbocycles. The number of carbonyl (C=O) groups is 1. The molecule has 0 bridgehead atoms. The van der Waals surface area contributed by atoms with Crippen molar-refractivity contribution in [3.8, 4) is 0 Å². The molecule has 1 rings (SSSR count). The van der Waals surface area contributed by atoms with Crippen LogP contribution in [0.5, 0.6) is 0 Å². The van der Waals surface area contributed by atoms with Gasteiger partial charge in [-0.2, -0.15) is 0 Å². The minimum Gasteiger partial charge on any atom is -0.375 e.